The van der Waals surface area contributed by atoms with E-state index in [1.807, 2.05) is 0 Å². The average Bonchev–Trinajstić information content (AvgIpc) is 2.46. The number of aliphatic imine (C=N–C) groups is 1. The van der Waals surface area contributed by atoms with E-state index in [-0.39, 0.29) is 12.4 Å². The van der Waals surface area contributed by atoms with Gasteiger partial charge in [0.15, 0.2) is 5.96 Å². The Morgan fingerprint density at radius 3 is 2.52 bits per heavy atom. The first-order valence-corrected chi connectivity index (χ1v) is 7.25. The molecule has 0 aliphatic carbocycles. The van der Waals surface area contributed by atoms with Gasteiger partial charge in [0.1, 0.15) is 5.82 Å². The van der Waals surface area contributed by atoms with Gasteiger partial charge in [0.2, 0.25) is 0 Å². The number of rotatable bonds is 7. The lowest BCUT2D eigenvalue weighted by molar-refractivity contribution is -0.143. The summed E-state index contributed by atoms with van der Waals surface area (Å²) in [5.41, 5.74) is 0.514. The molecule has 0 saturated carbocycles. The van der Waals surface area contributed by atoms with E-state index in [2.05, 4.69) is 15.6 Å². The second kappa shape index (κ2) is 9.34. The molecule has 0 fully saturated rings. The van der Waals surface area contributed by atoms with E-state index < -0.39 is 12.7 Å². The maximum Gasteiger partial charge on any atom is 0.401 e. The van der Waals surface area contributed by atoms with Gasteiger partial charge in [0, 0.05) is 25.7 Å². The van der Waals surface area contributed by atoms with Crippen LogP contribution in [0.2, 0.25) is 0 Å². The summed E-state index contributed by atoms with van der Waals surface area (Å²) in [7, 11) is 3.01. The fraction of sp³-hybridized carbons (Fsp3) is 0.533. The molecule has 0 heterocycles. The van der Waals surface area contributed by atoms with Gasteiger partial charge in [-0.2, -0.15) is 13.2 Å². The number of alkyl halides is 3. The van der Waals surface area contributed by atoms with Gasteiger partial charge in [0.05, 0.1) is 6.54 Å². The molecule has 2 N–H and O–H groups in total. The van der Waals surface area contributed by atoms with Crippen molar-refractivity contribution in [3.63, 3.8) is 0 Å². The fourth-order valence-corrected chi connectivity index (χ4v) is 1.98. The second-order valence-corrected chi connectivity index (χ2v) is 5.15. The van der Waals surface area contributed by atoms with Gasteiger partial charge < -0.3 is 10.6 Å². The van der Waals surface area contributed by atoms with Crippen molar-refractivity contribution in [2.24, 2.45) is 4.99 Å². The molecule has 0 spiro atoms. The Morgan fingerprint density at radius 1 is 1.22 bits per heavy atom. The average molecular weight is 334 g/mol. The van der Waals surface area contributed by atoms with Crippen molar-refractivity contribution in [1.82, 2.24) is 15.5 Å². The molecule has 0 aliphatic heterocycles. The fourth-order valence-electron chi connectivity index (χ4n) is 1.98. The van der Waals surface area contributed by atoms with Crippen molar-refractivity contribution in [1.29, 1.82) is 0 Å². The van der Waals surface area contributed by atoms with Gasteiger partial charge in [-0.1, -0.05) is 18.2 Å². The predicted molar refractivity (Wildman–Crippen MR) is 82.8 cm³/mol. The second-order valence-electron chi connectivity index (χ2n) is 5.15. The molecule has 8 heteroatoms. The van der Waals surface area contributed by atoms with E-state index in [1.54, 1.807) is 25.2 Å². The van der Waals surface area contributed by atoms with Crippen molar-refractivity contribution in [3.05, 3.63) is 35.6 Å². The molecule has 4 nitrogen and oxygen atoms in total. The summed E-state index contributed by atoms with van der Waals surface area (Å²) in [6.45, 7) is 0.142. The van der Waals surface area contributed by atoms with Gasteiger partial charge in [-0.15, -0.1) is 0 Å². The third-order valence-electron chi connectivity index (χ3n) is 3.09. The number of guanidine groups is 1. The molecule has 130 valence electrons. The Bertz CT molecular complexity index is 502. The molecule has 23 heavy (non-hydrogen) atoms. The van der Waals surface area contributed by atoms with Crippen LogP contribution in [0.1, 0.15) is 12.0 Å². The van der Waals surface area contributed by atoms with Crippen LogP contribution in [0.5, 0.6) is 0 Å². The molecule has 0 radical (unpaired) electrons. The highest BCUT2D eigenvalue weighted by Gasteiger charge is 2.28. The summed E-state index contributed by atoms with van der Waals surface area (Å²) in [5, 5.41) is 5.94. The van der Waals surface area contributed by atoms with Crippen LogP contribution in [0.25, 0.3) is 0 Å². The standard InChI is InChI=1S/C15H22F4N4/c1-20-14(22-10-12-6-3-4-7-13(12)16)21-8-5-9-23(2)11-15(17,18)19/h3-4,6-7H,5,8-11H2,1-2H3,(H2,20,21,22). The molecule has 0 aromatic heterocycles. The van der Waals surface area contributed by atoms with Crippen LogP contribution in [-0.4, -0.2) is 50.8 Å². The molecule has 0 aliphatic rings. The Balaban J connectivity index is 2.26. The van der Waals surface area contributed by atoms with Crippen molar-refractivity contribution in [3.8, 4) is 0 Å². The first-order valence-electron chi connectivity index (χ1n) is 7.25. The number of hydrogen-bond donors (Lipinski definition) is 2. The smallest absolute Gasteiger partial charge is 0.356 e. The zero-order valence-electron chi connectivity index (χ0n) is 13.3. The number of nitrogens with one attached hydrogen (secondary N) is 2. The topological polar surface area (TPSA) is 39.7 Å². The van der Waals surface area contributed by atoms with E-state index in [1.165, 1.54) is 18.0 Å². The van der Waals surface area contributed by atoms with Crippen molar-refractivity contribution >= 4 is 5.96 Å². The maximum absolute atomic E-state index is 13.5. The Hall–Kier alpha value is -1.83. The summed E-state index contributed by atoms with van der Waals surface area (Å²) in [6.07, 6.45) is -3.65. The summed E-state index contributed by atoms with van der Waals surface area (Å²) >= 11 is 0. The molecule has 0 saturated heterocycles. The maximum atomic E-state index is 13.5. The Labute approximate surface area is 133 Å². The first-order chi connectivity index (χ1) is 10.8. The first kappa shape index (κ1) is 19.2. The molecular weight excluding hydrogens is 312 g/mol. The van der Waals surface area contributed by atoms with Gasteiger partial charge >= 0.3 is 6.18 Å². The predicted octanol–water partition coefficient (Wildman–Crippen LogP) is 2.37. The molecular formula is C15H22F4N4. The number of benzene rings is 1. The van der Waals surface area contributed by atoms with Crippen LogP contribution in [0.3, 0.4) is 0 Å². The molecule has 1 aromatic rings. The minimum Gasteiger partial charge on any atom is -0.356 e. The number of nitrogens with zero attached hydrogens (tertiary/aromatic N) is 2. The number of halogens is 4. The van der Waals surface area contributed by atoms with E-state index >= 15 is 0 Å². The van der Waals surface area contributed by atoms with Gasteiger partial charge in [-0.05, 0) is 26.1 Å². The molecule has 1 rings (SSSR count). The lowest BCUT2D eigenvalue weighted by atomic mass is 10.2. The van der Waals surface area contributed by atoms with E-state index in [4.69, 9.17) is 0 Å². The van der Waals surface area contributed by atoms with Gasteiger partial charge in [-0.25, -0.2) is 4.39 Å². The van der Waals surface area contributed by atoms with Crippen LogP contribution in [-0.2, 0) is 6.54 Å². The van der Waals surface area contributed by atoms with Crippen LogP contribution >= 0.6 is 0 Å². The summed E-state index contributed by atoms with van der Waals surface area (Å²) in [6, 6.07) is 6.40. The lowest BCUT2D eigenvalue weighted by Gasteiger charge is -2.19. The van der Waals surface area contributed by atoms with Crippen LogP contribution in [0, 0.1) is 5.82 Å². The molecule has 1 aromatic carbocycles. The highest BCUT2D eigenvalue weighted by molar-refractivity contribution is 5.79. The van der Waals surface area contributed by atoms with Gasteiger partial charge in [0.25, 0.3) is 0 Å². The normalized spacial score (nSPS) is 12.6. The summed E-state index contributed by atoms with van der Waals surface area (Å²) in [5.74, 6) is 0.177. The summed E-state index contributed by atoms with van der Waals surface area (Å²) in [4.78, 5) is 5.21. The highest BCUT2D eigenvalue weighted by Crippen LogP contribution is 2.15. The highest BCUT2D eigenvalue weighted by atomic mass is 19.4. The molecule has 0 amide bonds. The van der Waals surface area contributed by atoms with Crippen molar-refractivity contribution in [2.75, 3.05) is 33.7 Å². The SMILES string of the molecule is CN=C(NCCCN(C)CC(F)(F)F)NCc1ccccc1F. The molecule has 0 unspecified atom stereocenters. The zero-order valence-corrected chi connectivity index (χ0v) is 13.3. The van der Waals surface area contributed by atoms with Crippen LogP contribution in [0.15, 0.2) is 29.3 Å². The number of hydrogen-bond acceptors (Lipinski definition) is 2. The largest absolute Gasteiger partial charge is 0.401 e. The lowest BCUT2D eigenvalue weighted by Crippen LogP contribution is -2.39. The van der Waals surface area contributed by atoms with Crippen LogP contribution < -0.4 is 10.6 Å². The minimum atomic E-state index is -4.18. The third kappa shape index (κ3) is 8.39. The molecule has 0 atom stereocenters. The monoisotopic (exact) mass is 334 g/mol. The third-order valence-corrected chi connectivity index (χ3v) is 3.09. The Morgan fingerprint density at radius 2 is 1.91 bits per heavy atom. The zero-order chi connectivity index (χ0) is 17.3. The van der Waals surface area contributed by atoms with Crippen molar-refractivity contribution in [2.45, 2.75) is 19.1 Å². The summed E-state index contributed by atoms with van der Waals surface area (Å²) < 4.78 is 50.0. The van der Waals surface area contributed by atoms with E-state index in [9.17, 15) is 17.6 Å². The van der Waals surface area contributed by atoms with Gasteiger partial charge in [-0.3, -0.25) is 9.89 Å². The van der Waals surface area contributed by atoms with Crippen molar-refractivity contribution < 1.29 is 17.6 Å². The minimum absolute atomic E-state index is 0.278. The van der Waals surface area contributed by atoms with E-state index in [0.29, 0.717) is 31.0 Å². The Kier molecular flexibility index (Phi) is 7.80. The quantitative estimate of drug-likeness (QED) is 0.348. The van der Waals surface area contributed by atoms with Crippen LogP contribution in [0.4, 0.5) is 17.6 Å². The molecule has 0 bridgehead atoms. The van der Waals surface area contributed by atoms with E-state index in [0.717, 1.165) is 0 Å².